The number of hydrogen-bond acceptors (Lipinski definition) is 6. The van der Waals surface area contributed by atoms with Gasteiger partial charge in [-0.3, -0.25) is 19.4 Å². The van der Waals surface area contributed by atoms with Gasteiger partial charge in [0, 0.05) is 33.2 Å². The van der Waals surface area contributed by atoms with E-state index in [1.54, 1.807) is 24.0 Å². The summed E-state index contributed by atoms with van der Waals surface area (Å²) in [5.74, 6) is 2.57. The fourth-order valence-corrected chi connectivity index (χ4v) is 6.29. The lowest BCUT2D eigenvalue weighted by Crippen LogP contribution is -2.34. The molecule has 0 aliphatic carbocycles. The SMILES string of the molecule is COc1ccc(/C=C2\N=C(c3ccc(Br)cc3)N(CCCCCCN3C(=O)/C(=C\c4ccc(OC)cc4)N=C3c3ccc(Br)cc3)C2=O)cc1. The molecule has 8 nitrogen and oxygen atoms in total. The molecule has 4 aromatic carbocycles. The Labute approximate surface area is 309 Å². The van der Waals surface area contributed by atoms with Gasteiger partial charge < -0.3 is 9.47 Å². The lowest BCUT2D eigenvalue weighted by atomic mass is 10.1. The van der Waals surface area contributed by atoms with Crippen molar-refractivity contribution in [2.45, 2.75) is 25.7 Å². The summed E-state index contributed by atoms with van der Waals surface area (Å²) in [6.45, 7) is 1.08. The Bertz CT molecular complexity index is 1820. The molecule has 0 unspecified atom stereocenters. The Morgan fingerprint density at radius 3 is 1.24 bits per heavy atom. The number of hydrogen-bond donors (Lipinski definition) is 0. The zero-order valence-electron chi connectivity index (χ0n) is 27.8. The van der Waals surface area contributed by atoms with Gasteiger partial charge in [-0.25, -0.2) is 9.98 Å². The first kappa shape index (κ1) is 35.0. The van der Waals surface area contributed by atoms with Gasteiger partial charge in [0.15, 0.2) is 0 Å². The van der Waals surface area contributed by atoms with Crippen LogP contribution in [0, 0.1) is 0 Å². The second kappa shape index (κ2) is 16.3. The van der Waals surface area contributed by atoms with E-state index in [2.05, 4.69) is 31.9 Å². The van der Waals surface area contributed by atoms with Gasteiger partial charge in [0.1, 0.15) is 34.6 Å². The lowest BCUT2D eigenvalue weighted by molar-refractivity contribution is -0.123. The number of benzene rings is 4. The molecular weight excluding hydrogens is 760 g/mol. The van der Waals surface area contributed by atoms with E-state index in [0.717, 1.165) is 68.4 Å². The summed E-state index contributed by atoms with van der Waals surface area (Å²) in [6.07, 6.45) is 6.99. The standard InChI is InChI=1S/C40H36Br2N4O4/c1-49-33-19-7-27(8-20-33)25-35-39(47)45(37(43-35)29-11-15-31(41)16-12-29)23-5-3-4-6-24-46-38(30-13-17-32(42)18-14-30)44-36(40(46)48)26-28-9-21-34(50-2)22-10-28/h7-22,25-26H,3-6,23-24H2,1-2H3/b35-25-,36-26+. The maximum absolute atomic E-state index is 13.6. The molecule has 254 valence electrons. The predicted molar refractivity (Wildman–Crippen MR) is 205 cm³/mol. The highest BCUT2D eigenvalue weighted by molar-refractivity contribution is 9.10. The number of amides is 2. The average molecular weight is 797 g/mol. The van der Waals surface area contributed by atoms with E-state index >= 15 is 0 Å². The number of nitrogens with zero attached hydrogens (tertiary/aromatic N) is 4. The van der Waals surface area contributed by atoms with Gasteiger partial charge in [0.05, 0.1) is 14.2 Å². The van der Waals surface area contributed by atoms with E-state index in [1.807, 2.05) is 109 Å². The summed E-state index contributed by atoms with van der Waals surface area (Å²) in [5, 5.41) is 0. The van der Waals surface area contributed by atoms with Crippen molar-refractivity contribution in [1.82, 2.24) is 9.80 Å². The number of carbonyl (C=O) groups is 2. The topological polar surface area (TPSA) is 83.8 Å². The molecule has 2 amide bonds. The van der Waals surface area contributed by atoms with Crippen molar-refractivity contribution in [3.8, 4) is 11.5 Å². The van der Waals surface area contributed by atoms with Crippen molar-refractivity contribution < 1.29 is 19.1 Å². The van der Waals surface area contributed by atoms with E-state index in [9.17, 15) is 9.59 Å². The van der Waals surface area contributed by atoms with E-state index in [1.165, 1.54) is 0 Å². The zero-order valence-corrected chi connectivity index (χ0v) is 31.0. The van der Waals surface area contributed by atoms with Crippen LogP contribution in [0.4, 0.5) is 0 Å². The maximum Gasteiger partial charge on any atom is 0.278 e. The molecule has 2 aliphatic rings. The second-order valence-corrected chi connectivity index (χ2v) is 13.6. The van der Waals surface area contributed by atoms with E-state index < -0.39 is 0 Å². The van der Waals surface area contributed by atoms with Gasteiger partial charge >= 0.3 is 0 Å². The van der Waals surface area contributed by atoms with Gasteiger partial charge in [0.25, 0.3) is 11.8 Å². The largest absolute Gasteiger partial charge is 0.497 e. The highest BCUT2D eigenvalue weighted by atomic mass is 79.9. The van der Waals surface area contributed by atoms with Crippen LogP contribution in [0.2, 0.25) is 0 Å². The summed E-state index contributed by atoms with van der Waals surface area (Å²) in [6, 6.07) is 30.8. The van der Waals surface area contributed by atoms with Crippen molar-refractivity contribution in [1.29, 1.82) is 0 Å². The minimum absolute atomic E-state index is 0.118. The Morgan fingerprint density at radius 1 is 0.540 bits per heavy atom. The predicted octanol–water partition coefficient (Wildman–Crippen LogP) is 8.75. The molecule has 0 saturated carbocycles. The molecule has 10 heteroatoms. The molecule has 0 radical (unpaired) electrons. The van der Waals surface area contributed by atoms with Crippen LogP contribution in [-0.4, -0.2) is 60.6 Å². The number of rotatable bonds is 13. The van der Waals surface area contributed by atoms with Crippen molar-refractivity contribution in [2.75, 3.05) is 27.3 Å². The molecule has 6 rings (SSSR count). The lowest BCUT2D eigenvalue weighted by Gasteiger charge is -2.20. The number of methoxy groups -OCH3 is 2. The van der Waals surface area contributed by atoms with Crippen LogP contribution in [0.5, 0.6) is 11.5 Å². The normalized spacial score (nSPS) is 16.0. The summed E-state index contributed by atoms with van der Waals surface area (Å²) >= 11 is 7.00. The molecule has 0 aromatic heterocycles. The van der Waals surface area contributed by atoms with E-state index in [4.69, 9.17) is 19.5 Å². The third-order valence-corrected chi connectivity index (χ3v) is 9.51. The van der Waals surface area contributed by atoms with Gasteiger partial charge in [-0.2, -0.15) is 0 Å². The smallest absolute Gasteiger partial charge is 0.278 e. The van der Waals surface area contributed by atoms with Crippen LogP contribution in [0.1, 0.15) is 47.9 Å². The Kier molecular flexibility index (Phi) is 11.4. The van der Waals surface area contributed by atoms with Crippen molar-refractivity contribution in [2.24, 2.45) is 9.98 Å². The van der Waals surface area contributed by atoms with Gasteiger partial charge in [-0.15, -0.1) is 0 Å². The van der Waals surface area contributed by atoms with Gasteiger partial charge in [-0.05, 0) is 84.7 Å². The monoisotopic (exact) mass is 794 g/mol. The third kappa shape index (κ3) is 8.31. The molecule has 0 N–H and O–H groups in total. The molecule has 0 bridgehead atoms. The number of aliphatic imine (C=N–C) groups is 2. The quantitative estimate of drug-likeness (QED) is 0.100. The van der Waals surface area contributed by atoms with Gasteiger partial charge in [-0.1, -0.05) is 93.2 Å². The molecule has 0 fully saturated rings. The Balaban J connectivity index is 1.10. The van der Waals surface area contributed by atoms with Crippen molar-refractivity contribution in [3.05, 3.63) is 140 Å². The molecule has 2 heterocycles. The van der Waals surface area contributed by atoms with Gasteiger partial charge in [0.2, 0.25) is 0 Å². The minimum atomic E-state index is -0.118. The molecule has 50 heavy (non-hydrogen) atoms. The Morgan fingerprint density at radius 2 is 0.900 bits per heavy atom. The molecular formula is C40H36Br2N4O4. The van der Waals surface area contributed by atoms with Crippen molar-refractivity contribution in [3.63, 3.8) is 0 Å². The van der Waals surface area contributed by atoms with Crippen LogP contribution in [-0.2, 0) is 9.59 Å². The van der Waals surface area contributed by atoms with Crippen LogP contribution in [0.3, 0.4) is 0 Å². The van der Waals surface area contributed by atoms with E-state index in [-0.39, 0.29) is 11.8 Å². The first-order valence-corrected chi connectivity index (χ1v) is 18.0. The number of ether oxygens (including phenoxy) is 2. The second-order valence-electron chi connectivity index (χ2n) is 11.8. The summed E-state index contributed by atoms with van der Waals surface area (Å²) in [7, 11) is 3.25. The van der Waals surface area contributed by atoms with Crippen LogP contribution in [0.15, 0.2) is 127 Å². The highest BCUT2D eigenvalue weighted by Gasteiger charge is 2.32. The Hall–Kier alpha value is -4.80. The molecule has 0 spiro atoms. The number of unbranched alkanes of at least 4 members (excludes halogenated alkanes) is 3. The zero-order chi connectivity index (χ0) is 35.0. The van der Waals surface area contributed by atoms with Crippen molar-refractivity contribution >= 4 is 67.5 Å². The first-order chi connectivity index (χ1) is 24.3. The third-order valence-electron chi connectivity index (χ3n) is 8.45. The first-order valence-electron chi connectivity index (χ1n) is 16.4. The molecule has 0 saturated heterocycles. The van der Waals surface area contributed by atoms with E-state index in [0.29, 0.717) is 36.2 Å². The van der Waals surface area contributed by atoms with Crippen LogP contribution >= 0.6 is 31.9 Å². The molecule has 2 aliphatic heterocycles. The average Bonchev–Trinajstić information content (AvgIpc) is 3.61. The highest BCUT2D eigenvalue weighted by Crippen LogP contribution is 2.27. The number of carbonyl (C=O) groups excluding carboxylic acids is 2. The summed E-state index contributed by atoms with van der Waals surface area (Å²) in [5.41, 5.74) is 4.31. The van der Waals surface area contributed by atoms with Crippen LogP contribution < -0.4 is 9.47 Å². The fourth-order valence-electron chi connectivity index (χ4n) is 5.76. The van der Waals surface area contributed by atoms with Crippen LogP contribution in [0.25, 0.3) is 12.2 Å². The maximum atomic E-state index is 13.6. The summed E-state index contributed by atoms with van der Waals surface area (Å²) in [4.78, 5) is 40.4. The molecule has 0 atom stereocenters. The fraction of sp³-hybridized carbons (Fsp3) is 0.200. The summed E-state index contributed by atoms with van der Waals surface area (Å²) < 4.78 is 12.5. The molecule has 4 aromatic rings. The minimum Gasteiger partial charge on any atom is -0.497 e. The number of amidine groups is 2. The number of halogens is 2.